The van der Waals surface area contributed by atoms with Crippen LogP contribution in [0.25, 0.3) is 10.9 Å². The van der Waals surface area contributed by atoms with Gasteiger partial charge in [0.2, 0.25) is 0 Å². The smallest absolute Gasteiger partial charge is 0.136 e. The Morgan fingerprint density at radius 1 is 1.36 bits per heavy atom. The Kier molecular flexibility index (Phi) is 3.73. The van der Waals surface area contributed by atoms with Crippen molar-refractivity contribution in [2.45, 2.75) is 6.54 Å². The lowest BCUT2D eigenvalue weighted by Crippen LogP contribution is -2.00. The summed E-state index contributed by atoms with van der Waals surface area (Å²) in [6.07, 6.45) is 1.85. The molecule has 1 aromatic heterocycles. The maximum absolute atomic E-state index is 9.83. The summed E-state index contributed by atoms with van der Waals surface area (Å²) >= 11 is 3.39. The summed E-state index contributed by atoms with van der Waals surface area (Å²) in [5.74, 6) is 0.727. The number of hydrogen-bond acceptors (Lipinski definition) is 4. The Labute approximate surface area is 135 Å². The van der Waals surface area contributed by atoms with E-state index in [-0.39, 0.29) is 11.3 Å². The second-order valence-corrected chi connectivity index (χ2v) is 5.66. The highest BCUT2D eigenvalue weighted by Gasteiger charge is 2.14. The van der Waals surface area contributed by atoms with Crippen LogP contribution < -0.4 is 4.74 Å². The number of phenolic OH excluding ortho intramolecular Hbond substituents is 1. The molecule has 0 aliphatic heterocycles. The molecule has 0 amide bonds. The van der Waals surface area contributed by atoms with Gasteiger partial charge in [-0.3, -0.25) is 4.68 Å². The summed E-state index contributed by atoms with van der Waals surface area (Å²) in [6, 6.07) is 11.2. The zero-order valence-electron chi connectivity index (χ0n) is 11.7. The van der Waals surface area contributed by atoms with Crippen molar-refractivity contribution in [3.63, 3.8) is 0 Å². The fraction of sp³-hybridized carbons (Fsp3) is 0.125. The van der Waals surface area contributed by atoms with E-state index in [9.17, 15) is 10.4 Å². The van der Waals surface area contributed by atoms with E-state index in [4.69, 9.17) is 4.74 Å². The molecule has 0 unspecified atom stereocenters. The first-order valence-electron chi connectivity index (χ1n) is 6.54. The second-order valence-electron chi connectivity index (χ2n) is 4.80. The molecule has 0 bridgehead atoms. The number of phenols is 1. The van der Waals surface area contributed by atoms with Gasteiger partial charge in [0.05, 0.1) is 13.7 Å². The molecule has 2 aromatic carbocycles. The second kappa shape index (κ2) is 5.70. The third-order valence-electron chi connectivity index (χ3n) is 3.39. The van der Waals surface area contributed by atoms with Crippen LogP contribution in [0.3, 0.4) is 0 Å². The van der Waals surface area contributed by atoms with Gasteiger partial charge in [0.1, 0.15) is 28.6 Å². The maximum atomic E-state index is 9.83. The Morgan fingerprint density at radius 3 is 2.73 bits per heavy atom. The largest absolute Gasteiger partial charge is 0.506 e. The van der Waals surface area contributed by atoms with Crippen LogP contribution in [0, 0.1) is 11.3 Å². The van der Waals surface area contributed by atoms with Gasteiger partial charge in [-0.15, -0.1) is 0 Å². The lowest BCUT2D eigenvalue weighted by Gasteiger charge is -2.03. The molecular weight excluding hydrogens is 346 g/mol. The van der Waals surface area contributed by atoms with Gasteiger partial charge in [-0.05, 0) is 39.7 Å². The maximum Gasteiger partial charge on any atom is 0.136 e. The lowest BCUT2D eigenvalue weighted by atomic mass is 10.1. The summed E-state index contributed by atoms with van der Waals surface area (Å²) in [4.78, 5) is 0. The Morgan fingerprint density at radius 2 is 2.09 bits per heavy atom. The predicted molar refractivity (Wildman–Crippen MR) is 85.9 cm³/mol. The molecule has 110 valence electrons. The first-order valence-corrected chi connectivity index (χ1v) is 7.33. The Bertz CT molecular complexity index is 879. The number of aromatic nitrogens is 2. The SMILES string of the molecule is COc1ccc(Cn2cc3c(Br)cc(O)c(C#N)c3n2)cc1. The molecule has 5 nitrogen and oxygen atoms in total. The van der Waals surface area contributed by atoms with Crippen molar-refractivity contribution in [1.82, 2.24) is 9.78 Å². The molecule has 0 fully saturated rings. The summed E-state index contributed by atoms with van der Waals surface area (Å²) in [5.41, 5.74) is 1.74. The van der Waals surface area contributed by atoms with Crippen LogP contribution in [0.15, 0.2) is 41.0 Å². The molecule has 22 heavy (non-hydrogen) atoms. The molecular formula is C16H12BrN3O2. The minimum Gasteiger partial charge on any atom is -0.506 e. The Balaban J connectivity index is 2.01. The molecule has 1 heterocycles. The van der Waals surface area contributed by atoms with E-state index in [0.29, 0.717) is 16.5 Å². The fourth-order valence-corrected chi connectivity index (χ4v) is 2.79. The van der Waals surface area contributed by atoms with E-state index >= 15 is 0 Å². The molecule has 0 saturated carbocycles. The average molecular weight is 358 g/mol. The highest BCUT2D eigenvalue weighted by molar-refractivity contribution is 9.10. The Hall–Kier alpha value is -2.52. The molecule has 3 rings (SSSR count). The van der Waals surface area contributed by atoms with Crippen molar-refractivity contribution in [3.05, 3.63) is 52.1 Å². The van der Waals surface area contributed by atoms with Crippen molar-refractivity contribution >= 4 is 26.8 Å². The molecule has 6 heteroatoms. The summed E-state index contributed by atoms with van der Waals surface area (Å²) < 4.78 is 7.59. The van der Waals surface area contributed by atoms with E-state index in [1.807, 2.05) is 36.5 Å². The number of nitriles is 1. The topological polar surface area (TPSA) is 71.1 Å². The van der Waals surface area contributed by atoms with Crippen LogP contribution in [0.4, 0.5) is 0 Å². The average Bonchev–Trinajstić information content (AvgIpc) is 2.92. The van der Waals surface area contributed by atoms with Crippen LogP contribution in [0.1, 0.15) is 11.1 Å². The highest BCUT2D eigenvalue weighted by atomic mass is 79.9. The van der Waals surface area contributed by atoms with Gasteiger partial charge in [0.15, 0.2) is 0 Å². The first-order chi connectivity index (χ1) is 10.6. The van der Waals surface area contributed by atoms with Crippen LogP contribution in [0.5, 0.6) is 11.5 Å². The monoisotopic (exact) mass is 357 g/mol. The van der Waals surface area contributed by atoms with Crippen molar-refractivity contribution in [2.24, 2.45) is 0 Å². The van der Waals surface area contributed by atoms with Gasteiger partial charge >= 0.3 is 0 Å². The molecule has 0 atom stereocenters. The van der Waals surface area contributed by atoms with Gasteiger partial charge in [-0.25, -0.2) is 0 Å². The van der Waals surface area contributed by atoms with E-state index in [1.54, 1.807) is 11.8 Å². The first kappa shape index (κ1) is 14.4. The van der Waals surface area contributed by atoms with Gasteiger partial charge in [-0.1, -0.05) is 12.1 Å². The molecule has 0 spiro atoms. The minimum atomic E-state index is -0.0726. The molecule has 0 aliphatic rings. The van der Waals surface area contributed by atoms with Gasteiger partial charge < -0.3 is 9.84 Å². The van der Waals surface area contributed by atoms with E-state index in [0.717, 1.165) is 16.7 Å². The molecule has 0 aliphatic carbocycles. The number of hydrogen-bond donors (Lipinski definition) is 1. The number of rotatable bonds is 3. The van der Waals surface area contributed by atoms with E-state index < -0.39 is 0 Å². The zero-order chi connectivity index (χ0) is 15.7. The third-order valence-corrected chi connectivity index (χ3v) is 4.05. The molecule has 0 saturated heterocycles. The quantitative estimate of drug-likeness (QED) is 0.779. The molecule has 0 radical (unpaired) electrons. The molecule has 1 N–H and O–H groups in total. The van der Waals surface area contributed by atoms with Crippen LogP contribution in [0.2, 0.25) is 0 Å². The number of benzene rings is 2. The number of nitrogens with zero attached hydrogens (tertiary/aromatic N) is 3. The molecule has 3 aromatic rings. The zero-order valence-corrected chi connectivity index (χ0v) is 13.3. The summed E-state index contributed by atoms with van der Waals surface area (Å²) in [6.45, 7) is 0.566. The van der Waals surface area contributed by atoms with E-state index in [1.165, 1.54) is 6.07 Å². The van der Waals surface area contributed by atoms with Crippen molar-refractivity contribution in [3.8, 4) is 17.6 Å². The van der Waals surface area contributed by atoms with Crippen molar-refractivity contribution in [1.29, 1.82) is 5.26 Å². The van der Waals surface area contributed by atoms with Crippen LogP contribution in [-0.4, -0.2) is 22.0 Å². The predicted octanol–water partition coefficient (Wildman–Crippen LogP) is 3.43. The summed E-state index contributed by atoms with van der Waals surface area (Å²) in [5, 5.41) is 24.2. The minimum absolute atomic E-state index is 0.0726. The summed E-state index contributed by atoms with van der Waals surface area (Å²) in [7, 11) is 1.63. The number of aromatic hydroxyl groups is 1. The number of ether oxygens (including phenoxy) is 1. The van der Waals surface area contributed by atoms with E-state index in [2.05, 4.69) is 21.0 Å². The van der Waals surface area contributed by atoms with Crippen molar-refractivity contribution in [2.75, 3.05) is 7.11 Å². The van der Waals surface area contributed by atoms with Crippen LogP contribution >= 0.6 is 15.9 Å². The van der Waals surface area contributed by atoms with Crippen LogP contribution in [-0.2, 0) is 6.54 Å². The number of halogens is 1. The lowest BCUT2D eigenvalue weighted by molar-refractivity contribution is 0.414. The highest BCUT2D eigenvalue weighted by Crippen LogP contribution is 2.32. The van der Waals surface area contributed by atoms with Gasteiger partial charge in [-0.2, -0.15) is 10.4 Å². The third kappa shape index (κ3) is 2.51. The fourth-order valence-electron chi connectivity index (χ4n) is 2.28. The standard InChI is InChI=1S/C16H12BrN3O2/c1-22-11-4-2-10(3-5-11)8-20-9-13-14(17)6-15(21)12(7-18)16(13)19-20/h2-6,9,21H,8H2,1H3. The number of fused-ring (bicyclic) bond motifs is 1. The van der Waals surface area contributed by atoms with Gasteiger partial charge in [0, 0.05) is 16.1 Å². The van der Waals surface area contributed by atoms with Gasteiger partial charge in [0.25, 0.3) is 0 Å². The number of methoxy groups -OCH3 is 1. The normalized spacial score (nSPS) is 10.6. The van der Waals surface area contributed by atoms with Crippen molar-refractivity contribution < 1.29 is 9.84 Å².